The molecule has 2 rings (SSSR count). The van der Waals surface area contributed by atoms with Gasteiger partial charge >= 0.3 is 0 Å². The summed E-state index contributed by atoms with van der Waals surface area (Å²) in [4.78, 5) is 14.9. The predicted octanol–water partition coefficient (Wildman–Crippen LogP) is 1.13. The van der Waals surface area contributed by atoms with E-state index in [1.807, 2.05) is 0 Å². The number of aromatic amines is 1. The number of imidazole rings is 1. The molecule has 0 radical (unpaired) electrons. The van der Waals surface area contributed by atoms with Crippen LogP contribution in [-0.2, 0) is 4.74 Å². The minimum Gasteiger partial charge on any atom is -0.474 e. The lowest BCUT2D eigenvalue weighted by Crippen LogP contribution is -2.09. The van der Waals surface area contributed by atoms with Crippen molar-refractivity contribution in [1.29, 1.82) is 0 Å². The molecule has 0 saturated heterocycles. The number of unbranched alkanes of at least 4 members (excludes halogenated alkanes) is 1. The average molecular weight is 251 g/mol. The van der Waals surface area contributed by atoms with E-state index in [4.69, 9.17) is 15.2 Å². The molecule has 0 amide bonds. The van der Waals surface area contributed by atoms with E-state index >= 15 is 0 Å². The summed E-state index contributed by atoms with van der Waals surface area (Å²) >= 11 is 0. The molecule has 0 aliphatic carbocycles. The summed E-state index contributed by atoms with van der Waals surface area (Å²) < 4.78 is 10.9. The van der Waals surface area contributed by atoms with Crippen molar-refractivity contribution in [3.63, 3.8) is 0 Å². The van der Waals surface area contributed by atoms with Gasteiger partial charge in [-0.05, 0) is 6.42 Å². The normalized spacial score (nSPS) is 10.9. The zero-order valence-corrected chi connectivity index (χ0v) is 10.3. The second kappa shape index (κ2) is 6.15. The summed E-state index contributed by atoms with van der Waals surface area (Å²) in [5, 5.41) is 0. The lowest BCUT2D eigenvalue weighted by atomic mass is 10.4. The molecule has 0 bridgehead atoms. The van der Waals surface area contributed by atoms with Crippen LogP contribution in [0.5, 0.6) is 5.88 Å². The van der Waals surface area contributed by atoms with Crippen LogP contribution in [0.2, 0.25) is 0 Å². The number of ether oxygens (including phenoxy) is 2. The Morgan fingerprint density at radius 2 is 2.17 bits per heavy atom. The van der Waals surface area contributed by atoms with Gasteiger partial charge in [0.2, 0.25) is 11.8 Å². The van der Waals surface area contributed by atoms with Gasteiger partial charge in [-0.1, -0.05) is 13.3 Å². The molecule has 0 saturated carbocycles. The largest absolute Gasteiger partial charge is 0.474 e. The molecular weight excluding hydrogens is 234 g/mol. The van der Waals surface area contributed by atoms with Crippen molar-refractivity contribution in [2.75, 3.05) is 25.6 Å². The van der Waals surface area contributed by atoms with Crippen molar-refractivity contribution in [2.24, 2.45) is 0 Å². The number of H-pyrrole nitrogens is 1. The van der Waals surface area contributed by atoms with E-state index in [1.54, 1.807) is 0 Å². The number of nitrogens with zero attached hydrogens (tertiary/aromatic N) is 3. The molecule has 3 N–H and O–H groups in total. The summed E-state index contributed by atoms with van der Waals surface area (Å²) in [5.41, 5.74) is 6.72. The minimum atomic E-state index is 0.150. The number of fused-ring (bicyclic) bond motifs is 1. The summed E-state index contributed by atoms with van der Waals surface area (Å²) in [6.07, 6.45) is 3.71. The Hall–Kier alpha value is -1.89. The first-order valence-corrected chi connectivity index (χ1v) is 5.98. The molecule has 2 heterocycles. The zero-order chi connectivity index (χ0) is 12.8. The summed E-state index contributed by atoms with van der Waals surface area (Å²) in [7, 11) is 0. The first kappa shape index (κ1) is 12.6. The van der Waals surface area contributed by atoms with Gasteiger partial charge in [0.25, 0.3) is 0 Å². The van der Waals surface area contributed by atoms with Gasteiger partial charge in [0.15, 0.2) is 5.65 Å². The average Bonchev–Trinajstić information content (AvgIpc) is 2.81. The summed E-state index contributed by atoms with van der Waals surface area (Å²) in [6.45, 7) is 3.83. The topological polar surface area (TPSA) is 98.9 Å². The molecule has 0 fully saturated rings. The van der Waals surface area contributed by atoms with Crippen LogP contribution in [0.1, 0.15) is 19.8 Å². The van der Waals surface area contributed by atoms with E-state index in [0.29, 0.717) is 30.3 Å². The third-order valence-corrected chi connectivity index (χ3v) is 2.38. The maximum atomic E-state index is 5.57. The number of rotatable bonds is 7. The van der Waals surface area contributed by atoms with Gasteiger partial charge in [-0.3, -0.25) is 0 Å². The van der Waals surface area contributed by atoms with Crippen LogP contribution in [-0.4, -0.2) is 39.8 Å². The molecule has 0 aliphatic heterocycles. The molecule has 7 heteroatoms. The molecule has 0 aliphatic rings. The van der Waals surface area contributed by atoms with Crippen molar-refractivity contribution in [3.8, 4) is 5.88 Å². The van der Waals surface area contributed by atoms with Crippen molar-refractivity contribution in [1.82, 2.24) is 19.9 Å². The third-order valence-electron chi connectivity index (χ3n) is 2.38. The number of nitrogens with one attached hydrogen (secondary N) is 1. The fourth-order valence-electron chi connectivity index (χ4n) is 1.47. The molecular formula is C11H17N5O2. The number of nitrogens with two attached hydrogens (primary N) is 1. The van der Waals surface area contributed by atoms with Gasteiger partial charge in [-0.2, -0.15) is 9.97 Å². The van der Waals surface area contributed by atoms with Crippen LogP contribution < -0.4 is 10.5 Å². The molecule has 18 heavy (non-hydrogen) atoms. The smallest absolute Gasteiger partial charge is 0.245 e. The van der Waals surface area contributed by atoms with Crippen LogP contribution in [0.25, 0.3) is 11.2 Å². The van der Waals surface area contributed by atoms with Crippen LogP contribution in [0.4, 0.5) is 5.95 Å². The maximum Gasteiger partial charge on any atom is 0.245 e. The highest BCUT2D eigenvalue weighted by atomic mass is 16.5. The monoisotopic (exact) mass is 251 g/mol. The van der Waals surface area contributed by atoms with Crippen LogP contribution in [0.3, 0.4) is 0 Å². The highest BCUT2D eigenvalue weighted by Crippen LogP contribution is 2.19. The fraction of sp³-hybridized carbons (Fsp3) is 0.545. The maximum absolute atomic E-state index is 5.57. The molecule has 0 unspecified atom stereocenters. The minimum absolute atomic E-state index is 0.150. The van der Waals surface area contributed by atoms with Gasteiger partial charge in [-0.15, -0.1) is 0 Å². The Bertz CT molecular complexity index is 499. The van der Waals surface area contributed by atoms with E-state index in [9.17, 15) is 0 Å². The number of nitrogen functional groups attached to an aromatic ring is 1. The van der Waals surface area contributed by atoms with E-state index in [2.05, 4.69) is 26.9 Å². The second-order valence-corrected chi connectivity index (χ2v) is 3.80. The Kier molecular flexibility index (Phi) is 4.30. The Balaban J connectivity index is 1.89. The standard InChI is InChI=1S/C11H17N5O2/c1-2-3-4-17-5-6-18-10-8-9(14-7-13-8)15-11(12)16-10/h7H,2-6H2,1H3,(H3,12,13,14,15,16). The molecule has 0 aromatic carbocycles. The summed E-state index contributed by atoms with van der Waals surface area (Å²) in [5.74, 6) is 0.561. The number of aromatic nitrogens is 4. The fourth-order valence-corrected chi connectivity index (χ4v) is 1.47. The molecule has 7 nitrogen and oxygen atoms in total. The van der Waals surface area contributed by atoms with Gasteiger partial charge < -0.3 is 20.2 Å². The van der Waals surface area contributed by atoms with E-state index in [0.717, 1.165) is 19.4 Å². The molecule has 2 aromatic rings. The Labute approximate surface area is 105 Å². The molecule has 0 spiro atoms. The predicted molar refractivity (Wildman–Crippen MR) is 67.3 cm³/mol. The van der Waals surface area contributed by atoms with E-state index < -0.39 is 0 Å². The lowest BCUT2D eigenvalue weighted by molar-refractivity contribution is 0.0970. The SMILES string of the molecule is CCCCOCCOc1nc(N)nc2nc[nH]c12. The van der Waals surface area contributed by atoms with Crippen LogP contribution in [0, 0.1) is 0 Å². The van der Waals surface area contributed by atoms with Crippen molar-refractivity contribution in [3.05, 3.63) is 6.33 Å². The lowest BCUT2D eigenvalue weighted by Gasteiger charge is -2.06. The third kappa shape index (κ3) is 3.07. The van der Waals surface area contributed by atoms with Crippen molar-refractivity contribution < 1.29 is 9.47 Å². The van der Waals surface area contributed by atoms with Gasteiger partial charge in [0.1, 0.15) is 12.1 Å². The van der Waals surface area contributed by atoms with Crippen molar-refractivity contribution in [2.45, 2.75) is 19.8 Å². The molecule has 2 aromatic heterocycles. The molecule has 0 atom stereocenters. The van der Waals surface area contributed by atoms with Gasteiger partial charge in [0.05, 0.1) is 12.9 Å². The number of anilines is 1. The number of hydrogen-bond donors (Lipinski definition) is 2. The van der Waals surface area contributed by atoms with Crippen LogP contribution >= 0.6 is 0 Å². The first-order valence-electron chi connectivity index (χ1n) is 5.98. The highest BCUT2D eigenvalue weighted by Gasteiger charge is 2.09. The van der Waals surface area contributed by atoms with Gasteiger partial charge in [0, 0.05) is 6.61 Å². The van der Waals surface area contributed by atoms with Gasteiger partial charge in [-0.25, -0.2) is 4.98 Å². The first-order chi connectivity index (χ1) is 8.81. The second-order valence-electron chi connectivity index (χ2n) is 3.80. The van der Waals surface area contributed by atoms with E-state index in [1.165, 1.54) is 6.33 Å². The Morgan fingerprint density at radius 1 is 1.28 bits per heavy atom. The van der Waals surface area contributed by atoms with Crippen LogP contribution in [0.15, 0.2) is 6.33 Å². The highest BCUT2D eigenvalue weighted by molar-refractivity contribution is 5.76. The van der Waals surface area contributed by atoms with E-state index in [-0.39, 0.29) is 5.95 Å². The molecule has 98 valence electrons. The van der Waals surface area contributed by atoms with Crippen molar-refractivity contribution >= 4 is 17.1 Å². The Morgan fingerprint density at radius 3 is 3.00 bits per heavy atom. The summed E-state index contributed by atoms with van der Waals surface area (Å²) in [6, 6.07) is 0. The number of hydrogen-bond acceptors (Lipinski definition) is 6. The zero-order valence-electron chi connectivity index (χ0n) is 10.3. The quantitative estimate of drug-likeness (QED) is 0.716.